The smallest absolute Gasteiger partial charge is 0.407 e. The van der Waals surface area contributed by atoms with Crippen LogP contribution < -0.4 is 10.6 Å². The molecule has 2 bridgehead atoms. The molecule has 2 atom stereocenters. The summed E-state index contributed by atoms with van der Waals surface area (Å²) in [6.07, 6.45) is 11.2. The minimum atomic E-state index is -0.258. The zero-order valence-electron chi connectivity index (χ0n) is 21.3. The van der Waals surface area contributed by atoms with Crippen LogP contribution in [0.5, 0.6) is 0 Å². The van der Waals surface area contributed by atoms with Crippen LogP contribution in [0.15, 0.2) is 24.7 Å². The largest absolute Gasteiger partial charge is 0.446 e. The Morgan fingerprint density at radius 1 is 1.24 bits per heavy atom. The molecule has 4 heterocycles. The van der Waals surface area contributed by atoms with E-state index in [0.717, 1.165) is 78.3 Å². The minimum Gasteiger partial charge on any atom is -0.446 e. The van der Waals surface area contributed by atoms with Crippen molar-refractivity contribution in [2.24, 2.45) is 13.0 Å². The molecule has 4 aromatic heterocycles. The van der Waals surface area contributed by atoms with Gasteiger partial charge in [0.2, 0.25) is 5.95 Å². The first-order valence-electron chi connectivity index (χ1n) is 13.0. The van der Waals surface area contributed by atoms with Gasteiger partial charge in [0, 0.05) is 59.5 Å². The molecule has 8 rings (SSSR count). The molecule has 0 saturated heterocycles. The Bertz CT molecular complexity index is 1500. The second-order valence-electron chi connectivity index (χ2n) is 11.0. The van der Waals surface area contributed by atoms with E-state index in [1.165, 1.54) is 0 Å². The van der Waals surface area contributed by atoms with Gasteiger partial charge in [0.25, 0.3) is 0 Å². The number of anilines is 2. The van der Waals surface area contributed by atoms with Gasteiger partial charge in [0.15, 0.2) is 5.82 Å². The van der Waals surface area contributed by atoms with E-state index in [-0.39, 0.29) is 23.7 Å². The van der Waals surface area contributed by atoms with Crippen molar-refractivity contribution in [1.29, 1.82) is 0 Å². The maximum Gasteiger partial charge on any atom is 0.407 e. The summed E-state index contributed by atoms with van der Waals surface area (Å²) in [6.45, 7) is 4.03. The van der Waals surface area contributed by atoms with Crippen molar-refractivity contribution in [3.63, 3.8) is 0 Å². The number of nitrogens with zero attached hydrogens (tertiary/aromatic N) is 6. The number of aromatic amines is 1. The molecule has 37 heavy (non-hydrogen) atoms. The lowest BCUT2D eigenvalue weighted by Gasteiger charge is -2.61. The van der Waals surface area contributed by atoms with Crippen molar-refractivity contribution in [3.05, 3.63) is 41.7 Å². The van der Waals surface area contributed by atoms with Gasteiger partial charge in [-0.25, -0.2) is 14.8 Å². The fourth-order valence-corrected chi connectivity index (χ4v) is 6.32. The lowest BCUT2D eigenvalue weighted by molar-refractivity contribution is -0.0506. The summed E-state index contributed by atoms with van der Waals surface area (Å²) in [5, 5.41) is 18.5. The van der Waals surface area contributed by atoms with Crippen molar-refractivity contribution in [2.45, 2.75) is 69.9 Å². The first-order valence-corrected chi connectivity index (χ1v) is 13.0. The summed E-state index contributed by atoms with van der Waals surface area (Å²) in [6, 6.07) is 2.02. The molecule has 0 spiro atoms. The molecule has 4 aromatic rings. The van der Waals surface area contributed by atoms with E-state index in [4.69, 9.17) is 9.72 Å². The molecule has 4 aliphatic rings. The van der Waals surface area contributed by atoms with Crippen molar-refractivity contribution in [1.82, 2.24) is 39.7 Å². The average Bonchev–Trinajstić information content (AvgIpc) is 3.60. The number of H-pyrrole nitrogens is 1. The highest BCUT2D eigenvalue weighted by Gasteiger charge is 2.57. The summed E-state index contributed by atoms with van der Waals surface area (Å²) >= 11 is 0. The molecule has 4 aliphatic carbocycles. The van der Waals surface area contributed by atoms with Gasteiger partial charge >= 0.3 is 6.09 Å². The van der Waals surface area contributed by atoms with Crippen LogP contribution in [0.2, 0.25) is 0 Å². The second kappa shape index (κ2) is 8.06. The maximum atomic E-state index is 12.3. The number of carbonyl (C=O) groups is 1. The first kappa shape index (κ1) is 22.3. The zero-order valence-corrected chi connectivity index (χ0v) is 21.3. The summed E-state index contributed by atoms with van der Waals surface area (Å²) in [5.41, 5.74) is 5.81. The number of aromatic nitrogens is 7. The number of ether oxygens (including phenoxy) is 1. The Hall–Kier alpha value is -3.89. The van der Waals surface area contributed by atoms with E-state index in [0.29, 0.717) is 11.8 Å². The molecular formula is C26H31N9O2. The van der Waals surface area contributed by atoms with Crippen LogP contribution in [0.1, 0.15) is 61.5 Å². The number of carbonyl (C=O) groups excluding carboxylic acids is 1. The molecule has 0 aromatic carbocycles. The predicted octanol–water partition coefficient (Wildman–Crippen LogP) is 4.13. The summed E-state index contributed by atoms with van der Waals surface area (Å²) in [5.74, 6) is 2.43. The minimum absolute atomic E-state index is 0.0474. The lowest BCUT2D eigenvalue weighted by Crippen LogP contribution is -2.68. The number of amides is 1. The average molecular weight is 502 g/mol. The van der Waals surface area contributed by atoms with Gasteiger partial charge in [-0.2, -0.15) is 10.2 Å². The number of aryl methyl sites for hydroxylation is 2. The highest BCUT2D eigenvalue weighted by atomic mass is 16.6. The second-order valence-corrected chi connectivity index (χ2v) is 11.0. The van der Waals surface area contributed by atoms with Gasteiger partial charge < -0.3 is 15.4 Å². The van der Waals surface area contributed by atoms with Gasteiger partial charge in [-0.15, -0.1) is 0 Å². The molecule has 1 amide bonds. The van der Waals surface area contributed by atoms with Crippen LogP contribution in [0.4, 0.5) is 16.6 Å². The van der Waals surface area contributed by atoms with Gasteiger partial charge in [0.05, 0.1) is 11.9 Å². The molecule has 192 valence electrons. The van der Waals surface area contributed by atoms with Crippen LogP contribution >= 0.6 is 0 Å². The number of imidazole rings is 1. The lowest BCUT2D eigenvalue weighted by atomic mass is 9.50. The number of rotatable bonds is 6. The zero-order chi connectivity index (χ0) is 25.3. The van der Waals surface area contributed by atoms with Gasteiger partial charge in [-0.3, -0.25) is 14.2 Å². The number of nitrogens with one attached hydrogen (secondary N) is 3. The van der Waals surface area contributed by atoms with Crippen molar-refractivity contribution >= 4 is 23.5 Å². The van der Waals surface area contributed by atoms with Crippen molar-refractivity contribution < 1.29 is 9.53 Å². The molecule has 11 heteroatoms. The van der Waals surface area contributed by atoms with E-state index >= 15 is 0 Å². The fourth-order valence-electron chi connectivity index (χ4n) is 6.32. The van der Waals surface area contributed by atoms with Crippen LogP contribution in [-0.4, -0.2) is 52.1 Å². The fraction of sp³-hybridized carbons (Fsp3) is 0.500. The van der Waals surface area contributed by atoms with E-state index in [2.05, 4.69) is 30.9 Å². The van der Waals surface area contributed by atoms with Crippen LogP contribution in [0.25, 0.3) is 16.8 Å². The van der Waals surface area contributed by atoms with Gasteiger partial charge in [0.1, 0.15) is 11.8 Å². The molecule has 0 radical (unpaired) electrons. The summed E-state index contributed by atoms with van der Waals surface area (Å²) in [7, 11) is 1.93. The molecule has 0 aliphatic heterocycles. The van der Waals surface area contributed by atoms with E-state index in [1.807, 2.05) is 48.4 Å². The number of fused-ring (bicyclic) bond motifs is 1. The number of alkyl carbamates (subject to hydrolysis) is 1. The Labute approximate surface area is 214 Å². The molecule has 3 N–H and O–H groups in total. The van der Waals surface area contributed by atoms with Gasteiger partial charge in [-0.05, 0) is 58.3 Å². The standard InChI is InChI=1S/C26H31N9O2/c1-14-22(19-13-28-34(3)15(19)2)23-27-6-7-35(23)24(29-14)30-21-9-20(32-33-21)17-4-5-18(8-17)37-25(36)31-26-10-16(11-26)12-26/h6-7,9,13,16-18H,4-5,8,10-12H2,1-3H3,(H,31,36)(H2,29,30,32,33). The molecule has 2 unspecified atom stereocenters. The normalized spacial score (nSPS) is 26.1. The Balaban J connectivity index is 1.05. The quantitative estimate of drug-likeness (QED) is 0.363. The SMILES string of the molecule is Cc1nc(Nc2cc(C3CCC(OC(=O)NC45CC(C4)C5)C3)[nH]n2)n2ccnc2c1-c1cnn(C)c1C. The Kier molecular flexibility index (Phi) is 4.86. The predicted molar refractivity (Wildman–Crippen MR) is 137 cm³/mol. The Morgan fingerprint density at radius 2 is 2.08 bits per heavy atom. The summed E-state index contributed by atoms with van der Waals surface area (Å²) < 4.78 is 9.54. The number of hydrogen-bond donors (Lipinski definition) is 3. The molecule has 4 fully saturated rings. The van der Waals surface area contributed by atoms with E-state index < -0.39 is 0 Å². The maximum absolute atomic E-state index is 12.3. The molecular weight excluding hydrogens is 470 g/mol. The molecule has 4 saturated carbocycles. The van der Waals surface area contributed by atoms with Crippen LogP contribution in [0, 0.1) is 19.8 Å². The van der Waals surface area contributed by atoms with Crippen LogP contribution in [-0.2, 0) is 11.8 Å². The highest BCUT2D eigenvalue weighted by Crippen LogP contribution is 2.57. The third-order valence-electron chi connectivity index (χ3n) is 8.57. The van der Waals surface area contributed by atoms with E-state index in [1.54, 1.807) is 6.20 Å². The van der Waals surface area contributed by atoms with Crippen molar-refractivity contribution in [3.8, 4) is 11.1 Å². The third kappa shape index (κ3) is 3.67. The topological polar surface area (TPSA) is 127 Å². The first-order chi connectivity index (χ1) is 17.9. The highest BCUT2D eigenvalue weighted by molar-refractivity contribution is 5.82. The third-order valence-corrected chi connectivity index (χ3v) is 8.57. The van der Waals surface area contributed by atoms with E-state index in [9.17, 15) is 4.79 Å². The molecule has 11 nitrogen and oxygen atoms in total. The monoisotopic (exact) mass is 501 g/mol. The summed E-state index contributed by atoms with van der Waals surface area (Å²) in [4.78, 5) is 21.8. The van der Waals surface area contributed by atoms with Gasteiger partial charge in [-0.1, -0.05) is 0 Å². The van der Waals surface area contributed by atoms with Crippen molar-refractivity contribution in [2.75, 3.05) is 5.32 Å². The Morgan fingerprint density at radius 3 is 2.81 bits per heavy atom. The van der Waals surface area contributed by atoms with Crippen LogP contribution in [0.3, 0.4) is 0 Å². The number of hydrogen-bond acceptors (Lipinski definition) is 7.